The number of benzene rings is 1. The third-order valence-corrected chi connectivity index (χ3v) is 2.12. The molecule has 0 spiro atoms. The maximum Gasteiger partial charge on any atom is 0.317 e. The summed E-state index contributed by atoms with van der Waals surface area (Å²) in [7, 11) is 1.55. The number of rotatable bonds is 5. The van der Waals surface area contributed by atoms with Gasteiger partial charge in [-0.2, -0.15) is 0 Å². The van der Waals surface area contributed by atoms with Crippen molar-refractivity contribution in [2.24, 2.45) is 0 Å². The van der Waals surface area contributed by atoms with Crippen LogP contribution < -0.4 is 10.1 Å². The predicted octanol–water partition coefficient (Wildman–Crippen LogP) is 1.52. The van der Waals surface area contributed by atoms with Crippen LogP contribution in [0.3, 0.4) is 0 Å². The number of halogens is 1. The standard InChI is InChI=1S/C10H12ClNO3/c1-15-9-3-2-7(4-8(9)11)5-12-6-10(13)14/h2-4,12H,5-6H2,1H3,(H,13,14). The summed E-state index contributed by atoms with van der Waals surface area (Å²) in [6.45, 7) is 0.402. The van der Waals surface area contributed by atoms with Crippen molar-refractivity contribution in [1.82, 2.24) is 5.32 Å². The molecule has 0 saturated heterocycles. The molecule has 1 aromatic carbocycles. The van der Waals surface area contributed by atoms with E-state index in [0.717, 1.165) is 5.56 Å². The molecule has 0 aliphatic heterocycles. The Hall–Kier alpha value is -1.26. The zero-order valence-electron chi connectivity index (χ0n) is 8.29. The lowest BCUT2D eigenvalue weighted by Gasteiger charge is -2.06. The number of methoxy groups -OCH3 is 1. The largest absolute Gasteiger partial charge is 0.495 e. The van der Waals surface area contributed by atoms with Crippen LogP contribution in [-0.2, 0) is 11.3 Å². The molecule has 0 bridgehead atoms. The first kappa shape index (κ1) is 11.8. The first-order valence-corrected chi connectivity index (χ1v) is 4.76. The second kappa shape index (κ2) is 5.58. The van der Waals surface area contributed by atoms with Gasteiger partial charge < -0.3 is 15.2 Å². The lowest BCUT2D eigenvalue weighted by Crippen LogP contribution is -2.21. The first-order valence-electron chi connectivity index (χ1n) is 4.38. The highest BCUT2D eigenvalue weighted by molar-refractivity contribution is 6.32. The monoisotopic (exact) mass is 229 g/mol. The van der Waals surface area contributed by atoms with Gasteiger partial charge in [0.05, 0.1) is 18.7 Å². The summed E-state index contributed by atoms with van der Waals surface area (Å²) in [5, 5.41) is 11.7. The van der Waals surface area contributed by atoms with E-state index < -0.39 is 5.97 Å². The van der Waals surface area contributed by atoms with E-state index in [1.165, 1.54) is 0 Å². The molecule has 82 valence electrons. The number of hydrogen-bond acceptors (Lipinski definition) is 3. The molecule has 0 saturated carbocycles. The number of hydrogen-bond donors (Lipinski definition) is 2. The van der Waals surface area contributed by atoms with Crippen LogP contribution >= 0.6 is 11.6 Å². The summed E-state index contributed by atoms with van der Waals surface area (Å²) in [5.41, 5.74) is 0.919. The van der Waals surface area contributed by atoms with Gasteiger partial charge in [0, 0.05) is 6.54 Å². The average Bonchev–Trinajstić information content (AvgIpc) is 2.17. The van der Waals surface area contributed by atoms with Gasteiger partial charge >= 0.3 is 5.97 Å². The Morgan fingerprint density at radius 1 is 1.60 bits per heavy atom. The quantitative estimate of drug-likeness (QED) is 0.804. The summed E-state index contributed by atoms with van der Waals surface area (Å²) in [6, 6.07) is 5.33. The smallest absolute Gasteiger partial charge is 0.317 e. The van der Waals surface area contributed by atoms with Gasteiger partial charge in [-0.1, -0.05) is 17.7 Å². The predicted molar refractivity (Wildman–Crippen MR) is 57.3 cm³/mol. The average molecular weight is 230 g/mol. The molecule has 2 N–H and O–H groups in total. The lowest BCUT2D eigenvalue weighted by molar-refractivity contribution is -0.135. The van der Waals surface area contributed by atoms with E-state index in [2.05, 4.69) is 5.32 Å². The summed E-state index contributed by atoms with van der Waals surface area (Å²) in [6.07, 6.45) is 0. The van der Waals surface area contributed by atoms with E-state index in [9.17, 15) is 4.79 Å². The second-order valence-corrected chi connectivity index (χ2v) is 3.37. The van der Waals surface area contributed by atoms with Crippen LogP contribution in [0.4, 0.5) is 0 Å². The van der Waals surface area contributed by atoms with E-state index >= 15 is 0 Å². The van der Waals surface area contributed by atoms with Crippen LogP contribution in [0, 0.1) is 0 Å². The van der Waals surface area contributed by atoms with Crippen molar-refractivity contribution in [2.45, 2.75) is 6.54 Å². The molecule has 1 aromatic rings. The molecule has 0 radical (unpaired) electrons. The number of aliphatic carboxylic acids is 1. The number of ether oxygens (including phenoxy) is 1. The Labute approximate surface area is 92.8 Å². The fourth-order valence-electron chi connectivity index (χ4n) is 1.13. The molecular weight excluding hydrogens is 218 g/mol. The minimum Gasteiger partial charge on any atom is -0.495 e. The molecule has 5 heteroatoms. The summed E-state index contributed by atoms with van der Waals surface area (Å²) in [4.78, 5) is 10.2. The fourth-order valence-corrected chi connectivity index (χ4v) is 1.41. The summed E-state index contributed by atoms with van der Waals surface area (Å²) < 4.78 is 5.00. The van der Waals surface area contributed by atoms with Crippen molar-refractivity contribution in [3.05, 3.63) is 28.8 Å². The van der Waals surface area contributed by atoms with Crippen LogP contribution in [0.2, 0.25) is 5.02 Å². The van der Waals surface area contributed by atoms with Crippen molar-refractivity contribution in [3.8, 4) is 5.75 Å². The highest BCUT2D eigenvalue weighted by Gasteiger charge is 2.02. The SMILES string of the molecule is COc1ccc(CNCC(=O)O)cc1Cl. The molecule has 4 nitrogen and oxygen atoms in total. The highest BCUT2D eigenvalue weighted by atomic mass is 35.5. The Bertz CT molecular complexity index is 355. The van der Waals surface area contributed by atoms with Gasteiger partial charge in [0.15, 0.2) is 0 Å². The molecular formula is C10H12ClNO3. The Morgan fingerprint density at radius 3 is 2.87 bits per heavy atom. The van der Waals surface area contributed by atoms with E-state index in [0.29, 0.717) is 17.3 Å². The van der Waals surface area contributed by atoms with Crippen molar-refractivity contribution in [2.75, 3.05) is 13.7 Å². The summed E-state index contributed by atoms with van der Waals surface area (Å²) >= 11 is 5.90. The number of carbonyl (C=O) groups is 1. The molecule has 0 aliphatic carbocycles. The molecule has 0 aliphatic rings. The van der Waals surface area contributed by atoms with E-state index in [1.807, 2.05) is 6.07 Å². The molecule has 15 heavy (non-hydrogen) atoms. The zero-order valence-corrected chi connectivity index (χ0v) is 9.04. The van der Waals surface area contributed by atoms with E-state index in [-0.39, 0.29) is 6.54 Å². The lowest BCUT2D eigenvalue weighted by atomic mass is 10.2. The molecule has 0 amide bonds. The van der Waals surface area contributed by atoms with Crippen LogP contribution in [0.25, 0.3) is 0 Å². The molecule has 1 rings (SSSR count). The molecule has 0 aromatic heterocycles. The van der Waals surface area contributed by atoms with Crippen LogP contribution in [-0.4, -0.2) is 24.7 Å². The van der Waals surface area contributed by atoms with Gasteiger partial charge in [-0.3, -0.25) is 4.79 Å². The maximum absolute atomic E-state index is 10.2. The van der Waals surface area contributed by atoms with Gasteiger partial charge in [-0.25, -0.2) is 0 Å². The normalized spacial score (nSPS) is 10.0. The van der Waals surface area contributed by atoms with Crippen molar-refractivity contribution >= 4 is 17.6 Å². The first-order chi connectivity index (χ1) is 7.13. The molecule has 0 atom stereocenters. The Kier molecular flexibility index (Phi) is 4.39. The molecule has 0 unspecified atom stereocenters. The van der Waals surface area contributed by atoms with Crippen molar-refractivity contribution < 1.29 is 14.6 Å². The topological polar surface area (TPSA) is 58.6 Å². The number of carboxylic acid groups (broad SMARTS) is 1. The van der Waals surface area contributed by atoms with E-state index in [1.54, 1.807) is 19.2 Å². The molecule has 0 heterocycles. The third-order valence-electron chi connectivity index (χ3n) is 1.82. The fraction of sp³-hybridized carbons (Fsp3) is 0.300. The van der Waals surface area contributed by atoms with Crippen LogP contribution in [0.5, 0.6) is 5.75 Å². The maximum atomic E-state index is 10.2. The number of carboxylic acids is 1. The Morgan fingerprint density at radius 2 is 2.33 bits per heavy atom. The zero-order chi connectivity index (χ0) is 11.3. The summed E-state index contributed by atoms with van der Waals surface area (Å²) in [5.74, 6) is -0.270. The second-order valence-electron chi connectivity index (χ2n) is 2.97. The van der Waals surface area contributed by atoms with Crippen LogP contribution in [0.1, 0.15) is 5.56 Å². The van der Waals surface area contributed by atoms with Crippen LogP contribution in [0.15, 0.2) is 18.2 Å². The van der Waals surface area contributed by atoms with E-state index in [4.69, 9.17) is 21.4 Å². The Balaban J connectivity index is 2.55. The minimum atomic E-state index is -0.880. The van der Waals surface area contributed by atoms with Gasteiger partial charge in [-0.05, 0) is 17.7 Å². The number of nitrogens with one attached hydrogen (secondary N) is 1. The van der Waals surface area contributed by atoms with Crippen molar-refractivity contribution in [3.63, 3.8) is 0 Å². The van der Waals surface area contributed by atoms with Gasteiger partial charge in [-0.15, -0.1) is 0 Å². The third kappa shape index (κ3) is 3.77. The van der Waals surface area contributed by atoms with Gasteiger partial charge in [0.25, 0.3) is 0 Å². The van der Waals surface area contributed by atoms with Gasteiger partial charge in [0.2, 0.25) is 0 Å². The molecule has 0 fully saturated rings. The highest BCUT2D eigenvalue weighted by Crippen LogP contribution is 2.24. The van der Waals surface area contributed by atoms with Gasteiger partial charge in [0.1, 0.15) is 5.75 Å². The van der Waals surface area contributed by atoms with Crippen molar-refractivity contribution in [1.29, 1.82) is 0 Å². The minimum absolute atomic E-state index is 0.0658.